The summed E-state index contributed by atoms with van der Waals surface area (Å²) in [4.78, 5) is 0. The highest BCUT2D eigenvalue weighted by molar-refractivity contribution is 5.29. The Morgan fingerprint density at radius 3 is 2.95 bits per heavy atom. The summed E-state index contributed by atoms with van der Waals surface area (Å²) in [6.45, 7) is 0.778. The summed E-state index contributed by atoms with van der Waals surface area (Å²) < 4.78 is 24.3. The van der Waals surface area contributed by atoms with Gasteiger partial charge in [0.05, 0.1) is 19.3 Å². The molecule has 2 rings (SSSR count). The maximum absolute atomic E-state index is 13.6. The molecule has 0 bridgehead atoms. The van der Waals surface area contributed by atoms with Gasteiger partial charge in [-0.3, -0.25) is 11.3 Å². The molecule has 2 unspecified atom stereocenters. The smallest absolute Gasteiger partial charge is 0.165 e. The largest absolute Gasteiger partial charge is 0.494 e. The first-order chi connectivity index (χ1) is 9.24. The third-order valence-corrected chi connectivity index (χ3v) is 3.55. The van der Waals surface area contributed by atoms with E-state index in [-0.39, 0.29) is 23.7 Å². The lowest BCUT2D eigenvalue weighted by molar-refractivity contribution is -0.00745. The van der Waals surface area contributed by atoms with Gasteiger partial charge in [0.25, 0.3) is 0 Å². The molecule has 0 aromatic heterocycles. The van der Waals surface area contributed by atoms with Crippen molar-refractivity contribution in [3.8, 4) is 5.75 Å². The minimum absolute atomic E-state index is 0.00750. The van der Waals surface area contributed by atoms with E-state index in [4.69, 9.17) is 15.3 Å². The van der Waals surface area contributed by atoms with Crippen LogP contribution in [-0.4, -0.2) is 25.9 Å². The van der Waals surface area contributed by atoms with Gasteiger partial charge < -0.3 is 9.47 Å². The Morgan fingerprint density at radius 1 is 1.53 bits per heavy atom. The standard InChI is InChI=1S/C14H21FN2O2/c1-18-13-6-5-10(8-11(13)15)9-12(17-16)14-4-2-3-7-19-14/h5-6,8,12,14,17H,2-4,7,9,16H2,1H3. The summed E-state index contributed by atoms with van der Waals surface area (Å²) in [5.74, 6) is 5.51. The maximum atomic E-state index is 13.6. The zero-order chi connectivity index (χ0) is 13.7. The predicted octanol–water partition coefficient (Wildman–Crippen LogP) is 1.78. The highest BCUT2D eigenvalue weighted by Crippen LogP contribution is 2.21. The topological polar surface area (TPSA) is 56.5 Å². The van der Waals surface area contributed by atoms with E-state index in [1.165, 1.54) is 13.2 Å². The van der Waals surface area contributed by atoms with Gasteiger partial charge in [-0.15, -0.1) is 0 Å². The van der Waals surface area contributed by atoms with Crippen LogP contribution < -0.4 is 16.0 Å². The van der Waals surface area contributed by atoms with Crippen molar-refractivity contribution in [1.29, 1.82) is 0 Å². The minimum Gasteiger partial charge on any atom is -0.494 e. The lowest BCUT2D eigenvalue weighted by Gasteiger charge is -2.30. The average Bonchev–Trinajstić information content (AvgIpc) is 2.46. The van der Waals surface area contributed by atoms with Gasteiger partial charge in [0, 0.05) is 6.61 Å². The van der Waals surface area contributed by atoms with Crippen molar-refractivity contribution in [1.82, 2.24) is 5.43 Å². The molecule has 1 fully saturated rings. The van der Waals surface area contributed by atoms with Gasteiger partial charge in [-0.2, -0.15) is 0 Å². The predicted molar refractivity (Wildman–Crippen MR) is 71.4 cm³/mol. The van der Waals surface area contributed by atoms with E-state index in [0.717, 1.165) is 31.4 Å². The molecule has 1 aliphatic heterocycles. The van der Waals surface area contributed by atoms with Gasteiger partial charge in [0.15, 0.2) is 11.6 Å². The van der Waals surface area contributed by atoms with E-state index in [1.54, 1.807) is 6.07 Å². The number of ether oxygens (including phenoxy) is 2. The summed E-state index contributed by atoms with van der Waals surface area (Å²) in [6.07, 6.45) is 3.99. The second-order valence-corrected chi connectivity index (χ2v) is 4.85. The Bertz CT molecular complexity index is 408. The van der Waals surface area contributed by atoms with E-state index >= 15 is 0 Å². The van der Waals surface area contributed by atoms with Crippen molar-refractivity contribution >= 4 is 0 Å². The lowest BCUT2D eigenvalue weighted by Crippen LogP contribution is -2.47. The zero-order valence-electron chi connectivity index (χ0n) is 11.2. The van der Waals surface area contributed by atoms with Crippen LogP contribution in [0.25, 0.3) is 0 Å². The number of nitrogens with one attached hydrogen (secondary N) is 1. The molecule has 1 saturated heterocycles. The quantitative estimate of drug-likeness (QED) is 0.631. The zero-order valence-corrected chi connectivity index (χ0v) is 11.2. The molecule has 106 valence electrons. The Kier molecular flexibility index (Phi) is 5.13. The van der Waals surface area contributed by atoms with Crippen LogP contribution in [0.2, 0.25) is 0 Å². The third-order valence-electron chi connectivity index (χ3n) is 3.55. The summed E-state index contributed by atoms with van der Waals surface area (Å²) >= 11 is 0. The fourth-order valence-corrected chi connectivity index (χ4v) is 2.47. The van der Waals surface area contributed by atoms with Crippen LogP contribution in [-0.2, 0) is 11.2 Å². The molecular weight excluding hydrogens is 247 g/mol. The fourth-order valence-electron chi connectivity index (χ4n) is 2.47. The highest BCUT2D eigenvalue weighted by atomic mass is 19.1. The van der Waals surface area contributed by atoms with Crippen LogP contribution in [0, 0.1) is 5.82 Å². The molecule has 1 aromatic rings. The second-order valence-electron chi connectivity index (χ2n) is 4.85. The molecule has 1 aliphatic rings. The normalized spacial score (nSPS) is 21.1. The molecular formula is C14H21FN2O2. The van der Waals surface area contributed by atoms with E-state index < -0.39 is 0 Å². The second kappa shape index (κ2) is 6.84. The Hall–Kier alpha value is -1.17. The first-order valence-corrected chi connectivity index (χ1v) is 6.64. The molecule has 1 heterocycles. The van der Waals surface area contributed by atoms with Crippen LogP contribution >= 0.6 is 0 Å². The summed E-state index contributed by atoms with van der Waals surface area (Å²) in [5.41, 5.74) is 3.67. The molecule has 5 heteroatoms. The van der Waals surface area contributed by atoms with Gasteiger partial charge in [-0.1, -0.05) is 6.07 Å². The fraction of sp³-hybridized carbons (Fsp3) is 0.571. The molecule has 0 saturated carbocycles. The van der Waals surface area contributed by atoms with Crippen LogP contribution in [0.1, 0.15) is 24.8 Å². The SMILES string of the molecule is COc1ccc(CC(NN)C2CCCCO2)cc1F. The van der Waals surface area contributed by atoms with Crippen molar-refractivity contribution in [2.45, 2.75) is 37.8 Å². The summed E-state index contributed by atoms with van der Waals surface area (Å²) in [7, 11) is 1.46. The van der Waals surface area contributed by atoms with Crippen LogP contribution in [0.4, 0.5) is 4.39 Å². The number of benzene rings is 1. The Balaban J connectivity index is 2.03. The molecule has 4 nitrogen and oxygen atoms in total. The molecule has 19 heavy (non-hydrogen) atoms. The van der Waals surface area contributed by atoms with Crippen LogP contribution in [0.15, 0.2) is 18.2 Å². The number of rotatable bonds is 5. The monoisotopic (exact) mass is 268 g/mol. The average molecular weight is 268 g/mol. The van der Waals surface area contributed by atoms with Crippen molar-refractivity contribution in [3.05, 3.63) is 29.6 Å². The summed E-state index contributed by atoms with van der Waals surface area (Å²) in [5, 5.41) is 0. The van der Waals surface area contributed by atoms with E-state index in [9.17, 15) is 4.39 Å². The number of nitrogens with two attached hydrogens (primary N) is 1. The third kappa shape index (κ3) is 3.65. The Morgan fingerprint density at radius 2 is 2.37 bits per heavy atom. The van der Waals surface area contributed by atoms with E-state index in [2.05, 4.69) is 5.43 Å². The number of hydrogen-bond donors (Lipinski definition) is 2. The first-order valence-electron chi connectivity index (χ1n) is 6.64. The number of halogens is 1. The summed E-state index contributed by atoms with van der Waals surface area (Å²) in [6, 6.07) is 4.99. The van der Waals surface area contributed by atoms with E-state index in [1.807, 2.05) is 6.07 Å². The molecule has 3 N–H and O–H groups in total. The van der Waals surface area contributed by atoms with Gasteiger partial charge in [-0.25, -0.2) is 4.39 Å². The Labute approximate surface area is 113 Å². The van der Waals surface area contributed by atoms with Crippen LogP contribution in [0.3, 0.4) is 0 Å². The first kappa shape index (κ1) is 14.2. The molecule has 2 atom stereocenters. The van der Waals surface area contributed by atoms with Gasteiger partial charge in [0.1, 0.15) is 0 Å². The number of methoxy groups -OCH3 is 1. The number of hydrazine groups is 1. The highest BCUT2D eigenvalue weighted by Gasteiger charge is 2.24. The van der Waals surface area contributed by atoms with Crippen LogP contribution in [0.5, 0.6) is 5.75 Å². The van der Waals surface area contributed by atoms with Gasteiger partial charge >= 0.3 is 0 Å². The van der Waals surface area contributed by atoms with Crippen molar-refractivity contribution in [2.24, 2.45) is 5.84 Å². The van der Waals surface area contributed by atoms with Crippen molar-refractivity contribution in [2.75, 3.05) is 13.7 Å². The maximum Gasteiger partial charge on any atom is 0.165 e. The van der Waals surface area contributed by atoms with Gasteiger partial charge in [0.2, 0.25) is 0 Å². The molecule has 1 aromatic carbocycles. The molecule has 0 spiro atoms. The molecule has 0 amide bonds. The van der Waals surface area contributed by atoms with E-state index in [0.29, 0.717) is 6.42 Å². The van der Waals surface area contributed by atoms with Crippen molar-refractivity contribution < 1.29 is 13.9 Å². The molecule has 0 aliphatic carbocycles. The van der Waals surface area contributed by atoms with Gasteiger partial charge in [-0.05, 0) is 43.4 Å². The molecule has 0 radical (unpaired) electrons. The number of hydrogen-bond acceptors (Lipinski definition) is 4. The van der Waals surface area contributed by atoms with Crippen molar-refractivity contribution in [3.63, 3.8) is 0 Å². The lowest BCUT2D eigenvalue weighted by atomic mass is 9.96. The minimum atomic E-state index is -0.347.